The second kappa shape index (κ2) is 3.51. The van der Waals surface area contributed by atoms with Crippen LogP contribution in [0, 0.1) is 0 Å². The first kappa shape index (κ1) is 10.3. The molecule has 1 aromatic heterocycles. The second-order valence-corrected chi connectivity index (χ2v) is 2.85. The fourth-order valence-corrected chi connectivity index (χ4v) is 0.927. The Morgan fingerprint density at radius 3 is 2.54 bits per heavy atom. The van der Waals surface area contributed by atoms with Crippen LogP contribution in [0.2, 0.25) is 5.02 Å². The lowest BCUT2D eigenvalue weighted by molar-refractivity contribution is -0.149. The summed E-state index contributed by atoms with van der Waals surface area (Å²) in [6.45, 7) is 0. The molecule has 0 fully saturated rings. The van der Waals surface area contributed by atoms with E-state index < -0.39 is 12.2 Å². The van der Waals surface area contributed by atoms with Crippen molar-refractivity contribution in [1.82, 2.24) is 4.98 Å². The number of aromatic nitrogens is 1. The summed E-state index contributed by atoms with van der Waals surface area (Å²) in [5.74, 6) is 0. The Bertz CT molecular complexity index is 300. The highest BCUT2D eigenvalue weighted by Gasteiger charge is 2.38. The minimum atomic E-state index is -4.49. The number of nitrogens with zero attached hydrogens (tertiary/aromatic N) is 1. The van der Waals surface area contributed by atoms with Gasteiger partial charge in [0.2, 0.25) is 0 Å². The van der Waals surface area contributed by atoms with Crippen LogP contribution < -0.4 is 5.73 Å². The largest absolute Gasteiger partial charge is 0.409 e. The van der Waals surface area contributed by atoms with E-state index in [2.05, 4.69) is 4.98 Å². The summed E-state index contributed by atoms with van der Waals surface area (Å²) in [7, 11) is 0. The lowest BCUT2D eigenvalue weighted by Gasteiger charge is -2.14. The van der Waals surface area contributed by atoms with Crippen LogP contribution in [0.1, 0.15) is 11.7 Å². The van der Waals surface area contributed by atoms with Crippen molar-refractivity contribution in [1.29, 1.82) is 0 Å². The minimum Gasteiger partial charge on any atom is -0.315 e. The van der Waals surface area contributed by atoms with Gasteiger partial charge in [-0.1, -0.05) is 11.6 Å². The number of pyridine rings is 1. The lowest BCUT2D eigenvalue weighted by Crippen LogP contribution is -2.29. The highest BCUT2D eigenvalue weighted by atomic mass is 35.5. The number of rotatable bonds is 1. The maximum absolute atomic E-state index is 12.1. The van der Waals surface area contributed by atoms with Gasteiger partial charge in [-0.2, -0.15) is 13.2 Å². The van der Waals surface area contributed by atoms with Crippen LogP contribution in [0.3, 0.4) is 0 Å². The van der Waals surface area contributed by atoms with E-state index in [-0.39, 0.29) is 10.7 Å². The van der Waals surface area contributed by atoms with Crippen LogP contribution in [0.5, 0.6) is 0 Å². The molecule has 1 rings (SSSR count). The molecular weight excluding hydrogens is 205 g/mol. The summed E-state index contributed by atoms with van der Waals surface area (Å²) in [6, 6.07) is 0.402. The highest BCUT2D eigenvalue weighted by Crippen LogP contribution is 2.29. The molecule has 0 saturated carbocycles. The molecule has 72 valence electrons. The smallest absolute Gasteiger partial charge is 0.315 e. The van der Waals surface area contributed by atoms with Crippen LogP contribution in [0.15, 0.2) is 18.3 Å². The van der Waals surface area contributed by atoms with Crippen molar-refractivity contribution < 1.29 is 13.2 Å². The molecule has 0 spiro atoms. The molecule has 13 heavy (non-hydrogen) atoms. The zero-order valence-electron chi connectivity index (χ0n) is 6.35. The first-order valence-electron chi connectivity index (χ1n) is 3.35. The van der Waals surface area contributed by atoms with Gasteiger partial charge in [-0.25, -0.2) is 0 Å². The normalized spacial score (nSPS) is 14.2. The van der Waals surface area contributed by atoms with E-state index in [1.165, 1.54) is 12.3 Å². The summed E-state index contributed by atoms with van der Waals surface area (Å²) in [5, 5.41) is 0.185. The van der Waals surface area contributed by atoms with Gasteiger partial charge in [0.05, 0.1) is 5.69 Å². The van der Waals surface area contributed by atoms with E-state index in [9.17, 15) is 13.2 Å². The predicted molar refractivity (Wildman–Crippen MR) is 42.2 cm³/mol. The first-order valence-corrected chi connectivity index (χ1v) is 3.73. The number of halogens is 4. The van der Waals surface area contributed by atoms with Crippen molar-refractivity contribution in [2.45, 2.75) is 12.2 Å². The van der Waals surface area contributed by atoms with Crippen LogP contribution in [0.25, 0.3) is 0 Å². The molecule has 1 atom stereocenters. The highest BCUT2D eigenvalue weighted by molar-refractivity contribution is 6.30. The molecule has 1 aromatic rings. The third kappa shape index (κ3) is 2.57. The second-order valence-electron chi connectivity index (χ2n) is 2.42. The Balaban J connectivity index is 2.96. The zero-order chi connectivity index (χ0) is 10.1. The van der Waals surface area contributed by atoms with Gasteiger partial charge in [0.25, 0.3) is 0 Å². The Kier molecular flexibility index (Phi) is 2.77. The third-order valence-electron chi connectivity index (χ3n) is 1.41. The van der Waals surface area contributed by atoms with E-state index in [1.807, 2.05) is 0 Å². The van der Waals surface area contributed by atoms with Crippen LogP contribution in [-0.4, -0.2) is 11.2 Å². The van der Waals surface area contributed by atoms with Gasteiger partial charge in [0.1, 0.15) is 6.04 Å². The maximum Gasteiger partial charge on any atom is 0.409 e. The summed E-state index contributed by atoms with van der Waals surface area (Å²) < 4.78 is 36.2. The quantitative estimate of drug-likeness (QED) is 0.773. The van der Waals surface area contributed by atoms with E-state index in [4.69, 9.17) is 17.3 Å². The number of hydrogen-bond acceptors (Lipinski definition) is 2. The molecule has 6 heteroatoms. The lowest BCUT2D eigenvalue weighted by atomic mass is 10.2. The van der Waals surface area contributed by atoms with E-state index in [0.29, 0.717) is 0 Å². The fourth-order valence-electron chi connectivity index (χ4n) is 0.759. The number of hydrogen-bond donors (Lipinski definition) is 1. The average molecular weight is 211 g/mol. The number of alkyl halides is 3. The molecule has 0 bridgehead atoms. The van der Waals surface area contributed by atoms with Crippen LogP contribution in [-0.2, 0) is 0 Å². The molecular formula is C7H6ClF3N2. The Labute approximate surface area is 77.5 Å². The molecule has 0 aliphatic rings. The molecule has 0 aromatic carbocycles. The molecule has 2 nitrogen and oxygen atoms in total. The van der Waals surface area contributed by atoms with Crippen molar-refractivity contribution in [3.8, 4) is 0 Å². The Hall–Kier alpha value is -0.810. The molecule has 2 N–H and O–H groups in total. The van der Waals surface area contributed by atoms with E-state index in [1.54, 1.807) is 0 Å². The van der Waals surface area contributed by atoms with Gasteiger partial charge in [0, 0.05) is 11.2 Å². The summed E-state index contributed by atoms with van der Waals surface area (Å²) >= 11 is 5.48. The Morgan fingerprint density at radius 2 is 2.08 bits per heavy atom. The third-order valence-corrected chi connectivity index (χ3v) is 1.65. The monoisotopic (exact) mass is 210 g/mol. The Morgan fingerprint density at radius 1 is 1.46 bits per heavy atom. The molecule has 0 aliphatic carbocycles. The predicted octanol–water partition coefficient (Wildman–Crippen LogP) is 2.30. The van der Waals surface area contributed by atoms with Crippen LogP contribution in [0.4, 0.5) is 13.2 Å². The molecule has 0 unspecified atom stereocenters. The van der Waals surface area contributed by atoms with Gasteiger partial charge >= 0.3 is 6.18 Å². The van der Waals surface area contributed by atoms with Crippen LogP contribution >= 0.6 is 11.6 Å². The summed E-state index contributed by atoms with van der Waals surface area (Å²) in [4.78, 5) is 3.48. The topological polar surface area (TPSA) is 38.9 Å². The standard InChI is InChI=1S/C7H6ClF3N2/c8-4-1-2-13-5(3-4)6(12)7(9,10)11/h1-3,6H,12H2/t6-/m0/s1. The minimum absolute atomic E-state index is 0.185. The SMILES string of the molecule is N[C@@H](c1cc(Cl)ccn1)C(F)(F)F. The molecule has 0 amide bonds. The summed E-state index contributed by atoms with van der Waals surface area (Å²) in [5.41, 5.74) is 4.62. The van der Waals surface area contributed by atoms with E-state index >= 15 is 0 Å². The van der Waals surface area contributed by atoms with Crippen molar-refractivity contribution >= 4 is 11.6 Å². The van der Waals surface area contributed by atoms with Gasteiger partial charge < -0.3 is 5.73 Å². The molecule has 0 saturated heterocycles. The van der Waals surface area contributed by atoms with Gasteiger partial charge in [-0.3, -0.25) is 4.98 Å². The van der Waals surface area contributed by atoms with Crippen molar-refractivity contribution in [3.05, 3.63) is 29.0 Å². The van der Waals surface area contributed by atoms with Crippen molar-refractivity contribution in [2.75, 3.05) is 0 Å². The zero-order valence-corrected chi connectivity index (χ0v) is 7.10. The van der Waals surface area contributed by atoms with Gasteiger partial charge in [-0.15, -0.1) is 0 Å². The maximum atomic E-state index is 12.1. The molecule has 1 heterocycles. The first-order chi connectivity index (χ1) is 5.91. The molecule has 0 aliphatic heterocycles. The number of nitrogens with two attached hydrogens (primary N) is 1. The summed E-state index contributed by atoms with van der Waals surface area (Å²) in [6.07, 6.45) is -3.30. The van der Waals surface area contributed by atoms with Crippen molar-refractivity contribution in [3.63, 3.8) is 0 Å². The average Bonchev–Trinajstić information content (AvgIpc) is 2.01. The van der Waals surface area contributed by atoms with Gasteiger partial charge in [0.15, 0.2) is 0 Å². The van der Waals surface area contributed by atoms with Crippen molar-refractivity contribution in [2.24, 2.45) is 5.73 Å². The fraction of sp³-hybridized carbons (Fsp3) is 0.286. The van der Waals surface area contributed by atoms with Gasteiger partial charge in [-0.05, 0) is 12.1 Å². The van der Waals surface area contributed by atoms with E-state index in [0.717, 1.165) is 6.07 Å². The molecule has 0 radical (unpaired) electrons.